The highest BCUT2D eigenvalue weighted by Gasteiger charge is 2.65. The number of nitrogens with zero attached hydrogens (tertiary/aromatic N) is 1. The Morgan fingerprint density at radius 1 is 0.345 bits per heavy atom. The molecular weight excluding hydrogens is 1650 g/mol. The van der Waals surface area contributed by atoms with Crippen LogP contribution >= 0.6 is 235 Å². The Balaban J connectivity index is 1.16. The molecule has 314 valence electrons. The van der Waals surface area contributed by atoms with E-state index in [1.807, 2.05) is 0 Å². The van der Waals surface area contributed by atoms with Crippen LogP contribution in [0.25, 0.3) is 0 Å². The van der Waals surface area contributed by atoms with Crippen LogP contribution in [0, 0.1) is 47.3 Å². The summed E-state index contributed by atoms with van der Waals surface area (Å²) in [6, 6.07) is 0. The second-order valence-corrected chi connectivity index (χ2v) is 32.0. The maximum absolute atomic E-state index is 7.53. The Bertz CT molecular complexity index is 1440. The molecule has 0 radical (unpaired) electrons. The fourth-order valence-electron chi connectivity index (χ4n) is 11.8. The van der Waals surface area contributed by atoms with E-state index in [1.165, 1.54) is 0 Å². The lowest BCUT2D eigenvalue weighted by atomic mass is 9.76. The lowest BCUT2D eigenvalue weighted by Gasteiger charge is -2.46. The van der Waals surface area contributed by atoms with E-state index in [1.54, 1.807) is 0 Å². The van der Waals surface area contributed by atoms with Crippen molar-refractivity contribution in [3.63, 3.8) is 0 Å². The second-order valence-electron chi connectivity index (χ2n) is 16.8. The molecule has 0 aromatic heterocycles. The third-order valence-corrected chi connectivity index (χ3v) is 37.5. The molecule has 8 bridgehead atoms. The number of hydrogen-bond acceptors (Lipinski definition) is 8. The molecule has 55 heavy (non-hydrogen) atoms. The second kappa shape index (κ2) is 18.3. The average Bonchev–Trinajstić information content (AvgIpc) is 3.88. The van der Waals surface area contributed by atoms with Gasteiger partial charge in [0, 0.05) is 120 Å². The lowest BCUT2D eigenvalue weighted by Crippen LogP contribution is -2.62. The molecule has 23 heteroatoms. The van der Waals surface area contributed by atoms with E-state index in [2.05, 4.69) is 264 Å². The van der Waals surface area contributed by atoms with Crippen LogP contribution in [-0.2, 0) is 0 Å². The molecular formula is C32H41Br14ClN8. The number of alkyl halides is 14. The molecule has 5 saturated heterocycles. The van der Waals surface area contributed by atoms with Crippen molar-refractivity contribution in [3.05, 3.63) is 0 Å². The van der Waals surface area contributed by atoms with Crippen LogP contribution in [0.15, 0.2) is 0 Å². The van der Waals surface area contributed by atoms with Gasteiger partial charge in [-0.25, -0.2) is 3.93 Å². The fraction of sp³-hybridized carbons (Fsp3) is 1.00. The van der Waals surface area contributed by atoms with Gasteiger partial charge in [0.25, 0.3) is 0 Å². The quantitative estimate of drug-likeness (QED) is 0.0960. The summed E-state index contributed by atoms with van der Waals surface area (Å²) in [5.74, 6) is 2.16. The van der Waals surface area contributed by atoms with Gasteiger partial charge in [0.05, 0.1) is 54.7 Å². The van der Waals surface area contributed by atoms with Crippen molar-refractivity contribution in [1.29, 1.82) is 0 Å². The molecule has 30 unspecified atom stereocenters. The molecule has 4 aliphatic carbocycles. The highest BCUT2D eigenvalue weighted by atomic mass is 79.9. The summed E-state index contributed by atoms with van der Waals surface area (Å²) < 4.78 is 2.42. The zero-order valence-corrected chi connectivity index (χ0v) is 51.3. The topological polar surface area (TPSA) is 87.4 Å². The van der Waals surface area contributed by atoms with Crippen molar-refractivity contribution in [2.24, 2.45) is 47.3 Å². The Morgan fingerprint density at radius 2 is 0.691 bits per heavy atom. The monoisotopic (exact) mass is 1680 g/mol. The zero-order valence-electron chi connectivity index (χ0n) is 28.4. The van der Waals surface area contributed by atoms with E-state index in [4.69, 9.17) is 11.6 Å². The molecule has 9 fully saturated rings. The number of rotatable bonds is 0. The van der Waals surface area contributed by atoms with Crippen molar-refractivity contribution in [2.75, 3.05) is 0 Å². The lowest BCUT2D eigenvalue weighted by molar-refractivity contribution is 0.176. The highest BCUT2D eigenvalue weighted by Crippen LogP contribution is 2.56. The SMILES string of the molecule is ClC1C(Br)C(Br)C(Br)C2C3NC(NC4NC(NC5C6C(Br)C(Br)C(Br)C(Br)C6C(NC6NC(N3)C3C(Br)C(Br)C(Br)C(Br)C63)N5Br)C3C(Br)C(Br)CCC43)C12. The van der Waals surface area contributed by atoms with E-state index in [9.17, 15) is 0 Å². The van der Waals surface area contributed by atoms with Crippen molar-refractivity contribution in [2.45, 2.75) is 130 Å². The van der Waals surface area contributed by atoms with Gasteiger partial charge in [-0.15, -0.1) is 11.6 Å². The number of nitrogens with one attached hydrogen (secondary N) is 7. The van der Waals surface area contributed by atoms with Crippen molar-refractivity contribution < 1.29 is 0 Å². The van der Waals surface area contributed by atoms with E-state index in [-0.39, 0.29) is 143 Å². The minimum absolute atomic E-state index is 0.0000645. The van der Waals surface area contributed by atoms with Crippen LogP contribution < -0.4 is 37.2 Å². The Hall–Kier alpha value is 6.69. The van der Waals surface area contributed by atoms with Crippen molar-refractivity contribution in [1.82, 2.24) is 41.1 Å². The fourth-order valence-corrected chi connectivity index (χ4v) is 25.9. The summed E-state index contributed by atoms with van der Waals surface area (Å²) >= 11 is 65.8. The number of fused-ring (bicyclic) bond motifs is 20. The first-order valence-corrected chi connectivity index (χ1v) is 31.8. The number of halogens is 15. The van der Waals surface area contributed by atoms with Crippen LogP contribution in [0.1, 0.15) is 12.8 Å². The van der Waals surface area contributed by atoms with Crippen molar-refractivity contribution in [3.8, 4) is 0 Å². The van der Waals surface area contributed by atoms with E-state index in [0.717, 1.165) is 12.8 Å². The van der Waals surface area contributed by atoms with Gasteiger partial charge in [-0.1, -0.05) is 207 Å². The van der Waals surface area contributed by atoms with Gasteiger partial charge in [0.1, 0.15) is 0 Å². The van der Waals surface area contributed by atoms with Gasteiger partial charge in [-0.2, -0.15) is 0 Å². The van der Waals surface area contributed by atoms with Crippen LogP contribution in [0.3, 0.4) is 0 Å². The Kier molecular flexibility index (Phi) is 15.6. The normalized spacial score (nSPS) is 64.6. The number of hydrogen-bond donors (Lipinski definition) is 7. The molecule has 7 N–H and O–H groups in total. The Labute approximate surface area is 446 Å². The third kappa shape index (κ3) is 7.80. The minimum Gasteiger partial charge on any atom is -0.286 e. The predicted molar refractivity (Wildman–Crippen MR) is 275 cm³/mol. The standard InChI is InChI=1S/C32H41Br14ClN8/c33-4-2-1-3-5(12(4)34)26-48-25(3)49-30-11-8(15(37)22(44)23(45)24(11)47)28(52-30)50-27-6-7(14(36)19(41)18(40)13(6)35)29(51-27)54-32-10-9(31(53-26)55(32)46)16(38)20(42)21(43)17(10)39/h3-32,48-54H,1-2H2. The molecule has 0 amide bonds. The molecule has 0 aromatic rings. The molecule has 9 aliphatic rings. The molecule has 0 spiro atoms. The summed E-state index contributed by atoms with van der Waals surface area (Å²) in [5.41, 5.74) is 0. The largest absolute Gasteiger partial charge is 0.286 e. The zero-order chi connectivity index (χ0) is 39.3. The van der Waals surface area contributed by atoms with Gasteiger partial charge < -0.3 is 0 Å². The molecule has 9 rings (SSSR count). The first-order valence-electron chi connectivity index (χ1n) is 18.8. The van der Waals surface area contributed by atoms with Gasteiger partial charge in [0.15, 0.2) is 0 Å². The average molecular weight is 1690 g/mol. The molecule has 4 saturated carbocycles. The van der Waals surface area contributed by atoms with Crippen LogP contribution in [0.2, 0.25) is 0 Å². The van der Waals surface area contributed by atoms with Crippen LogP contribution in [0.5, 0.6) is 0 Å². The molecule has 8 nitrogen and oxygen atoms in total. The van der Waals surface area contributed by atoms with Gasteiger partial charge in [-0.3, -0.25) is 37.2 Å². The molecule has 0 aromatic carbocycles. The van der Waals surface area contributed by atoms with Gasteiger partial charge >= 0.3 is 0 Å². The summed E-state index contributed by atoms with van der Waals surface area (Å²) in [6.45, 7) is 0. The maximum Gasteiger partial charge on any atom is 0.0772 e. The Morgan fingerprint density at radius 3 is 1.16 bits per heavy atom. The summed E-state index contributed by atoms with van der Waals surface area (Å²) in [4.78, 5) is 2.92. The van der Waals surface area contributed by atoms with E-state index in [0.29, 0.717) is 21.5 Å². The molecule has 30 atom stereocenters. The van der Waals surface area contributed by atoms with Crippen molar-refractivity contribution >= 4 is 235 Å². The molecule has 5 heterocycles. The summed E-state index contributed by atoms with van der Waals surface area (Å²) in [5, 5.41) is 29.4. The smallest absolute Gasteiger partial charge is 0.0772 e. The first kappa shape index (κ1) is 46.8. The highest BCUT2D eigenvalue weighted by molar-refractivity contribution is 9.15. The van der Waals surface area contributed by atoms with E-state index >= 15 is 0 Å². The van der Waals surface area contributed by atoms with E-state index < -0.39 is 0 Å². The summed E-state index contributed by atoms with van der Waals surface area (Å²) in [6.07, 6.45) is 2.40. The van der Waals surface area contributed by atoms with Crippen LogP contribution in [0.4, 0.5) is 0 Å². The summed E-state index contributed by atoms with van der Waals surface area (Å²) in [7, 11) is 0. The predicted octanol–water partition coefficient (Wildman–Crippen LogP) is 8.70. The molecule has 5 aliphatic heterocycles. The van der Waals surface area contributed by atoms with Gasteiger partial charge in [-0.05, 0) is 18.8 Å². The third-order valence-electron chi connectivity index (χ3n) is 14.4. The van der Waals surface area contributed by atoms with Crippen LogP contribution in [-0.4, -0.2) is 121 Å². The van der Waals surface area contributed by atoms with Gasteiger partial charge in [0.2, 0.25) is 0 Å². The maximum atomic E-state index is 7.53. The first-order chi connectivity index (χ1) is 26.0. The minimum atomic E-state index is -0.0925.